The third-order valence-electron chi connectivity index (χ3n) is 16.0. The number of hydrogen-bond acceptors (Lipinski definition) is 3. The lowest BCUT2D eigenvalue weighted by atomic mass is 9.33. The van der Waals surface area contributed by atoms with Gasteiger partial charge >= 0.3 is 0 Å². The molecule has 0 bridgehead atoms. The summed E-state index contributed by atoms with van der Waals surface area (Å²) in [4.78, 5) is 5.13. The Kier molecular flexibility index (Phi) is 9.82. The molecule has 2 aliphatic rings. The molecule has 0 saturated carbocycles. The molecule has 0 spiro atoms. The Morgan fingerprint density at radius 3 is 1.47 bits per heavy atom. The third kappa shape index (κ3) is 6.96. The van der Waals surface area contributed by atoms with E-state index < -0.39 is 0 Å². The van der Waals surface area contributed by atoms with Gasteiger partial charge in [0.1, 0.15) is 11.2 Å². The number of anilines is 6. The summed E-state index contributed by atoms with van der Waals surface area (Å²) in [6.45, 7) is 14.0. The van der Waals surface area contributed by atoms with Crippen molar-refractivity contribution < 1.29 is 4.42 Å². The van der Waals surface area contributed by atoms with Crippen LogP contribution < -0.4 is 26.2 Å². The van der Waals surface area contributed by atoms with E-state index >= 15 is 0 Å². The molecule has 0 radical (unpaired) electrons. The van der Waals surface area contributed by atoms with E-state index in [0.29, 0.717) is 0 Å². The average molecular weight is 951 g/mol. The molecule has 4 heteroatoms. The van der Waals surface area contributed by atoms with Crippen molar-refractivity contribution in [2.75, 3.05) is 9.80 Å². The van der Waals surface area contributed by atoms with Crippen LogP contribution >= 0.6 is 0 Å². The standard InChI is InChI=1S/C70H55BN2O/c1-69(2,3)49-33-38-60-63(41-49)73(52-36-30-47(31-37-52)57-25-15-26-59-58-22-11-12-27-66(58)74-68(57)59)65-43-50(70(4,5)6)42-64-67(65)71(60)61-40-48(56-24-14-19-45-17-8-10-21-54(45)56)32-39-62(61)72(64)51-34-28-46(29-35-51)55-23-13-18-44-16-7-9-20-53(44)55/h7-43H,1-6H3. The molecule has 2 aliphatic heterocycles. The number of para-hydroxylation sites is 2. The first-order chi connectivity index (χ1) is 36.0. The van der Waals surface area contributed by atoms with Crippen LogP contribution in [0.25, 0.3) is 76.9 Å². The lowest BCUT2D eigenvalue weighted by molar-refractivity contribution is 0.590. The molecule has 11 aromatic carbocycles. The summed E-state index contributed by atoms with van der Waals surface area (Å²) in [6.07, 6.45) is 0. The molecule has 3 heterocycles. The van der Waals surface area contributed by atoms with E-state index in [2.05, 4.69) is 270 Å². The zero-order valence-corrected chi connectivity index (χ0v) is 42.7. The van der Waals surface area contributed by atoms with Crippen molar-refractivity contribution in [1.82, 2.24) is 0 Å². The molecule has 74 heavy (non-hydrogen) atoms. The van der Waals surface area contributed by atoms with Crippen LogP contribution in [0.4, 0.5) is 34.1 Å². The highest BCUT2D eigenvalue weighted by molar-refractivity contribution is 7.00. The summed E-state index contributed by atoms with van der Waals surface area (Å²) in [7, 11) is 0. The van der Waals surface area contributed by atoms with Gasteiger partial charge in [-0.25, -0.2) is 0 Å². The molecule has 0 unspecified atom stereocenters. The molecule has 0 atom stereocenters. The molecule has 0 N–H and O–H groups in total. The highest BCUT2D eigenvalue weighted by Gasteiger charge is 2.44. The Labute approximate surface area is 434 Å². The van der Waals surface area contributed by atoms with Crippen LogP contribution in [0.2, 0.25) is 0 Å². The Bertz CT molecular complexity index is 4220. The van der Waals surface area contributed by atoms with E-state index in [0.717, 1.165) is 44.4 Å². The maximum Gasteiger partial charge on any atom is 0.252 e. The van der Waals surface area contributed by atoms with E-state index in [-0.39, 0.29) is 17.5 Å². The van der Waals surface area contributed by atoms with Crippen molar-refractivity contribution >= 4 is 101 Å². The van der Waals surface area contributed by atoms with Gasteiger partial charge < -0.3 is 14.2 Å². The van der Waals surface area contributed by atoms with E-state index in [1.54, 1.807) is 0 Å². The zero-order chi connectivity index (χ0) is 50.0. The van der Waals surface area contributed by atoms with Gasteiger partial charge in [-0.05, 0) is 142 Å². The second-order valence-corrected chi connectivity index (χ2v) is 22.5. The highest BCUT2D eigenvalue weighted by atomic mass is 16.3. The van der Waals surface area contributed by atoms with Crippen molar-refractivity contribution in [2.45, 2.75) is 52.4 Å². The molecule has 3 nitrogen and oxygen atoms in total. The molecule has 12 aromatic rings. The van der Waals surface area contributed by atoms with Crippen LogP contribution in [0.1, 0.15) is 52.7 Å². The smallest absolute Gasteiger partial charge is 0.252 e. The van der Waals surface area contributed by atoms with Gasteiger partial charge in [0.2, 0.25) is 0 Å². The van der Waals surface area contributed by atoms with Crippen molar-refractivity contribution in [3.8, 4) is 33.4 Å². The Morgan fingerprint density at radius 1 is 0.351 bits per heavy atom. The topological polar surface area (TPSA) is 19.6 Å². The molecule has 1 aromatic heterocycles. The minimum absolute atomic E-state index is 0.0459. The van der Waals surface area contributed by atoms with Gasteiger partial charge in [-0.1, -0.05) is 211 Å². The van der Waals surface area contributed by atoms with Gasteiger partial charge in [0.15, 0.2) is 0 Å². The summed E-state index contributed by atoms with van der Waals surface area (Å²) >= 11 is 0. The second kappa shape index (κ2) is 16.5. The minimum atomic E-state index is -0.155. The fraction of sp³-hybridized carbons (Fsp3) is 0.114. The van der Waals surface area contributed by atoms with Gasteiger partial charge in [-0.3, -0.25) is 0 Å². The molecule has 14 rings (SSSR count). The van der Waals surface area contributed by atoms with Crippen molar-refractivity contribution in [3.63, 3.8) is 0 Å². The monoisotopic (exact) mass is 950 g/mol. The quantitative estimate of drug-likeness (QED) is 0.160. The van der Waals surface area contributed by atoms with Crippen LogP contribution in [0.3, 0.4) is 0 Å². The number of furan rings is 1. The summed E-state index contributed by atoms with van der Waals surface area (Å²) in [5.74, 6) is 0. The first-order valence-corrected chi connectivity index (χ1v) is 26.1. The lowest BCUT2D eigenvalue weighted by Crippen LogP contribution is -2.61. The summed E-state index contributed by atoms with van der Waals surface area (Å²) in [5, 5.41) is 7.28. The van der Waals surface area contributed by atoms with Crippen LogP contribution in [-0.2, 0) is 10.8 Å². The van der Waals surface area contributed by atoms with Crippen LogP contribution in [0.15, 0.2) is 229 Å². The first-order valence-electron chi connectivity index (χ1n) is 26.1. The van der Waals surface area contributed by atoms with Crippen LogP contribution in [-0.4, -0.2) is 6.71 Å². The maximum atomic E-state index is 6.58. The van der Waals surface area contributed by atoms with Crippen LogP contribution in [0, 0.1) is 0 Å². The van der Waals surface area contributed by atoms with Crippen molar-refractivity contribution in [1.29, 1.82) is 0 Å². The summed E-state index contributed by atoms with van der Waals surface area (Å²) < 4.78 is 6.58. The maximum absolute atomic E-state index is 6.58. The van der Waals surface area contributed by atoms with Gasteiger partial charge in [0, 0.05) is 50.5 Å². The van der Waals surface area contributed by atoms with Crippen molar-refractivity contribution in [3.05, 3.63) is 236 Å². The van der Waals surface area contributed by atoms with Gasteiger partial charge in [-0.2, -0.15) is 0 Å². The second-order valence-electron chi connectivity index (χ2n) is 22.5. The largest absolute Gasteiger partial charge is 0.455 e. The fourth-order valence-corrected chi connectivity index (χ4v) is 12.1. The zero-order valence-electron chi connectivity index (χ0n) is 42.7. The number of benzene rings is 11. The Morgan fingerprint density at radius 2 is 0.838 bits per heavy atom. The predicted molar refractivity (Wildman–Crippen MR) is 316 cm³/mol. The Balaban J connectivity index is 1.01. The highest BCUT2D eigenvalue weighted by Crippen LogP contribution is 2.48. The molecule has 0 aliphatic carbocycles. The van der Waals surface area contributed by atoms with Crippen LogP contribution in [0.5, 0.6) is 0 Å². The molecular formula is C70H55BN2O. The molecule has 0 saturated heterocycles. The number of rotatable bonds is 5. The average Bonchev–Trinajstić information content (AvgIpc) is 3.90. The van der Waals surface area contributed by atoms with Crippen molar-refractivity contribution in [2.24, 2.45) is 0 Å². The molecule has 354 valence electrons. The van der Waals surface area contributed by atoms with E-state index in [1.807, 2.05) is 6.07 Å². The van der Waals surface area contributed by atoms with E-state index in [4.69, 9.17) is 4.42 Å². The normalized spacial score (nSPS) is 13.2. The summed E-state index contributed by atoms with van der Waals surface area (Å²) in [6, 6.07) is 83.8. The van der Waals surface area contributed by atoms with Gasteiger partial charge in [0.25, 0.3) is 6.71 Å². The molecule has 0 amide bonds. The first kappa shape index (κ1) is 44.1. The third-order valence-corrected chi connectivity index (χ3v) is 16.0. The number of fused-ring (bicyclic) bond motifs is 9. The Hall–Kier alpha value is -8.60. The number of hydrogen-bond donors (Lipinski definition) is 0. The van der Waals surface area contributed by atoms with Gasteiger partial charge in [-0.15, -0.1) is 0 Å². The van der Waals surface area contributed by atoms with E-state index in [1.165, 1.54) is 94.1 Å². The predicted octanol–water partition coefficient (Wildman–Crippen LogP) is 17.6. The van der Waals surface area contributed by atoms with E-state index in [9.17, 15) is 0 Å². The number of nitrogens with zero attached hydrogens (tertiary/aromatic N) is 2. The minimum Gasteiger partial charge on any atom is -0.455 e. The molecule has 0 fully saturated rings. The van der Waals surface area contributed by atoms with Gasteiger partial charge in [0.05, 0.1) is 0 Å². The SMILES string of the molecule is CC(C)(C)c1ccc2c(c1)N(c1ccc(-c3cccc4c3oc3ccccc34)cc1)c1cc(C(C)(C)C)cc3c1B2c1cc(-c2cccc4ccccc24)ccc1N3c1ccc(-c2cccc3ccccc23)cc1. The fourth-order valence-electron chi connectivity index (χ4n) is 12.1. The molecular weight excluding hydrogens is 896 g/mol. The lowest BCUT2D eigenvalue weighted by Gasteiger charge is -2.45. The summed E-state index contributed by atoms with van der Waals surface area (Å²) in [5.41, 5.74) is 22.3.